The number of sulfonamides is 2. The van der Waals surface area contributed by atoms with Crippen LogP contribution in [0.15, 0.2) is 82.6 Å². The van der Waals surface area contributed by atoms with Crippen LogP contribution in [0.4, 0.5) is 11.4 Å². The monoisotopic (exact) mass is 547 g/mol. The summed E-state index contributed by atoms with van der Waals surface area (Å²) in [5.41, 5.74) is 1.53. The normalized spacial score (nSPS) is 14.5. The van der Waals surface area contributed by atoms with Gasteiger partial charge in [-0.2, -0.15) is 4.31 Å². The van der Waals surface area contributed by atoms with Crippen molar-refractivity contribution in [3.63, 3.8) is 0 Å². The van der Waals surface area contributed by atoms with Crippen LogP contribution in [-0.4, -0.2) is 46.7 Å². The van der Waals surface area contributed by atoms with Crippen molar-refractivity contribution in [2.24, 2.45) is 0 Å². The molecule has 11 heteroatoms. The molecule has 3 aromatic rings. The van der Waals surface area contributed by atoms with Gasteiger partial charge in [0.1, 0.15) is 6.54 Å². The number of carbonyl (C=O) groups is 1. The number of amides is 1. The molecular weight excluding hydrogens is 522 g/mol. The van der Waals surface area contributed by atoms with E-state index >= 15 is 0 Å². The molecule has 0 radical (unpaired) electrons. The van der Waals surface area contributed by atoms with Gasteiger partial charge in [0.25, 0.3) is 10.0 Å². The first-order valence-corrected chi connectivity index (χ1v) is 14.6. The Morgan fingerprint density at radius 3 is 2.14 bits per heavy atom. The Morgan fingerprint density at radius 2 is 1.53 bits per heavy atom. The van der Waals surface area contributed by atoms with Crippen molar-refractivity contribution in [1.82, 2.24) is 4.31 Å². The molecule has 0 saturated carbocycles. The molecule has 0 aromatic heterocycles. The summed E-state index contributed by atoms with van der Waals surface area (Å²) in [7, 11) is -7.65. The van der Waals surface area contributed by atoms with Crippen LogP contribution in [-0.2, 0) is 24.8 Å². The Labute approximate surface area is 216 Å². The molecule has 1 saturated heterocycles. The zero-order valence-electron chi connectivity index (χ0n) is 19.6. The summed E-state index contributed by atoms with van der Waals surface area (Å²) in [5.74, 6) is -0.579. The maximum absolute atomic E-state index is 13.5. The van der Waals surface area contributed by atoms with Crippen molar-refractivity contribution in [2.45, 2.75) is 29.6 Å². The Kier molecular flexibility index (Phi) is 7.70. The molecule has 1 amide bonds. The molecule has 4 rings (SSSR count). The van der Waals surface area contributed by atoms with E-state index in [0.29, 0.717) is 29.5 Å². The van der Waals surface area contributed by atoms with Gasteiger partial charge < -0.3 is 5.32 Å². The molecule has 8 nitrogen and oxygen atoms in total. The van der Waals surface area contributed by atoms with Crippen molar-refractivity contribution < 1.29 is 21.6 Å². The van der Waals surface area contributed by atoms with Gasteiger partial charge in [0.05, 0.1) is 15.5 Å². The first-order chi connectivity index (χ1) is 17.1. The van der Waals surface area contributed by atoms with Gasteiger partial charge in [0.15, 0.2) is 0 Å². The highest BCUT2D eigenvalue weighted by Gasteiger charge is 2.29. The Hall–Kier alpha value is -2.92. The molecule has 0 aliphatic carbocycles. The fourth-order valence-electron chi connectivity index (χ4n) is 3.95. The average molecular weight is 548 g/mol. The number of halogens is 1. The SMILES string of the molecule is Cc1cccc(N(CC(=O)Nc2ccc(S(=O)(=O)N3CCCC3)cc2)S(=O)(=O)c2ccc(Cl)cc2)c1. The predicted octanol–water partition coefficient (Wildman–Crippen LogP) is 4.27. The van der Waals surface area contributed by atoms with Gasteiger partial charge in [-0.3, -0.25) is 9.10 Å². The van der Waals surface area contributed by atoms with Gasteiger partial charge in [0.2, 0.25) is 15.9 Å². The largest absolute Gasteiger partial charge is 0.325 e. The van der Waals surface area contributed by atoms with E-state index in [-0.39, 0.29) is 9.79 Å². The standard InChI is InChI=1S/C25H26ClN3O5S2/c1-19-5-4-6-22(17-19)29(36(33,34)24-11-7-20(26)8-12-24)18-25(30)27-21-9-13-23(14-10-21)35(31,32)28-15-2-3-16-28/h4-14,17H,2-3,15-16,18H2,1H3,(H,27,30). The molecular formula is C25H26ClN3O5S2. The summed E-state index contributed by atoms with van der Waals surface area (Å²) >= 11 is 5.92. The second kappa shape index (κ2) is 10.6. The summed E-state index contributed by atoms with van der Waals surface area (Å²) in [6, 6.07) is 18.4. The lowest BCUT2D eigenvalue weighted by atomic mass is 10.2. The van der Waals surface area contributed by atoms with Crippen LogP contribution in [0.3, 0.4) is 0 Å². The van der Waals surface area contributed by atoms with E-state index < -0.39 is 32.5 Å². The number of hydrogen-bond acceptors (Lipinski definition) is 5. The van der Waals surface area contributed by atoms with Gasteiger partial charge in [-0.05, 0) is 86.0 Å². The first-order valence-electron chi connectivity index (χ1n) is 11.3. The fourth-order valence-corrected chi connectivity index (χ4v) is 7.01. The summed E-state index contributed by atoms with van der Waals surface area (Å²) in [5, 5.41) is 3.06. The van der Waals surface area contributed by atoms with Crippen LogP contribution in [0.1, 0.15) is 18.4 Å². The first kappa shape index (κ1) is 26.2. The van der Waals surface area contributed by atoms with Gasteiger partial charge in [-0.1, -0.05) is 23.7 Å². The molecule has 190 valence electrons. The van der Waals surface area contributed by atoms with Crippen molar-refractivity contribution in [1.29, 1.82) is 0 Å². The van der Waals surface area contributed by atoms with Gasteiger partial charge in [0, 0.05) is 23.8 Å². The van der Waals surface area contributed by atoms with E-state index in [1.165, 1.54) is 52.8 Å². The number of nitrogens with one attached hydrogen (secondary N) is 1. The van der Waals surface area contributed by atoms with Crippen LogP contribution in [0.5, 0.6) is 0 Å². The molecule has 0 atom stereocenters. The zero-order valence-corrected chi connectivity index (χ0v) is 22.0. The van der Waals surface area contributed by atoms with Crippen LogP contribution in [0, 0.1) is 6.92 Å². The summed E-state index contributed by atoms with van der Waals surface area (Å²) in [6.45, 7) is 2.34. The third-order valence-corrected chi connectivity index (χ3v) is 9.77. The Balaban J connectivity index is 1.55. The number of hydrogen-bond donors (Lipinski definition) is 1. The van der Waals surface area contributed by atoms with E-state index in [1.54, 1.807) is 18.2 Å². The molecule has 0 bridgehead atoms. The molecule has 1 aliphatic heterocycles. The highest BCUT2D eigenvalue weighted by Crippen LogP contribution is 2.26. The number of anilines is 2. The number of carbonyl (C=O) groups excluding carboxylic acids is 1. The van der Waals surface area contributed by atoms with Crippen molar-refractivity contribution in [2.75, 3.05) is 29.3 Å². The average Bonchev–Trinajstić information content (AvgIpc) is 3.39. The lowest BCUT2D eigenvalue weighted by Crippen LogP contribution is -2.38. The minimum atomic E-state index is -4.08. The highest BCUT2D eigenvalue weighted by atomic mass is 35.5. The van der Waals surface area contributed by atoms with E-state index in [0.717, 1.165) is 22.7 Å². The second-order valence-corrected chi connectivity index (χ2v) is 12.7. The van der Waals surface area contributed by atoms with Crippen molar-refractivity contribution in [3.8, 4) is 0 Å². The number of benzene rings is 3. The molecule has 1 heterocycles. The fraction of sp³-hybridized carbons (Fsp3) is 0.240. The molecule has 0 unspecified atom stereocenters. The molecule has 1 fully saturated rings. The molecule has 0 spiro atoms. The number of nitrogens with zero attached hydrogens (tertiary/aromatic N) is 2. The predicted molar refractivity (Wildman–Crippen MR) is 140 cm³/mol. The number of aryl methyl sites for hydroxylation is 1. The van der Waals surface area contributed by atoms with Crippen LogP contribution >= 0.6 is 11.6 Å². The van der Waals surface area contributed by atoms with Gasteiger partial charge in [-0.15, -0.1) is 0 Å². The zero-order chi connectivity index (χ0) is 25.9. The Bertz CT molecular complexity index is 1450. The molecule has 1 aliphatic rings. The van der Waals surface area contributed by atoms with Crippen LogP contribution in [0.2, 0.25) is 5.02 Å². The lowest BCUT2D eigenvalue weighted by Gasteiger charge is -2.24. The van der Waals surface area contributed by atoms with Gasteiger partial charge >= 0.3 is 0 Å². The smallest absolute Gasteiger partial charge is 0.264 e. The minimum Gasteiger partial charge on any atom is -0.325 e. The quantitative estimate of drug-likeness (QED) is 0.453. The van der Waals surface area contributed by atoms with E-state index in [1.807, 2.05) is 13.0 Å². The van der Waals surface area contributed by atoms with Crippen molar-refractivity contribution >= 4 is 48.9 Å². The van der Waals surface area contributed by atoms with Crippen LogP contribution in [0.25, 0.3) is 0 Å². The molecule has 3 aromatic carbocycles. The third-order valence-electron chi connectivity index (χ3n) is 5.82. The highest BCUT2D eigenvalue weighted by molar-refractivity contribution is 7.92. The minimum absolute atomic E-state index is 0.00215. The molecule has 1 N–H and O–H groups in total. The maximum Gasteiger partial charge on any atom is 0.264 e. The summed E-state index contributed by atoms with van der Waals surface area (Å²) in [4.78, 5) is 13.1. The second-order valence-electron chi connectivity index (χ2n) is 8.49. The van der Waals surface area contributed by atoms with E-state index in [9.17, 15) is 21.6 Å². The number of rotatable bonds is 8. The Morgan fingerprint density at radius 1 is 0.917 bits per heavy atom. The topological polar surface area (TPSA) is 104 Å². The van der Waals surface area contributed by atoms with Crippen molar-refractivity contribution in [3.05, 3.63) is 83.4 Å². The molecule has 36 heavy (non-hydrogen) atoms. The maximum atomic E-state index is 13.5. The summed E-state index contributed by atoms with van der Waals surface area (Å²) in [6.07, 6.45) is 1.67. The summed E-state index contributed by atoms with van der Waals surface area (Å²) < 4.78 is 54.8. The van der Waals surface area contributed by atoms with Crippen LogP contribution < -0.4 is 9.62 Å². The van der Waals surface area contributed by atoms with E-state index in [2.05, 4.69) is 5.32 Å². The lowest BCUT2D eigenvalue weighted by molar-refractivity contribution is -0.114. The van der Waals surface area contributed by atoms with E-state index in [4.69, 9.17) is 11.6 Å². The van der Waals surface area contributed by atoms with Gasteiger partial charge in [-0.25, -0.2) is 16.8 Å². The third kappa shape index (κ3) is 5.73.